The molecule has 0 heterocycles. The van der Waals surface area contributed by atoms with Gasteiger partial charge in [0.1, 0.15) is 6.04 Å². The summed E-state index contributed by atoms with van der Waals surface area (Å²) in [5.74, 6) is -1.00. The van der Waals surface area contributed by atoms with Crippen molar-refractivity contribution in [1.82, 2.24) is 0 Å². The molecule has 22 heavy (non-hydrogen) atoms. The Morgan fingerprint density at radius 2 is 1.59 bits per heavy atom. The predicted molar refractivity (Wildman–Crippen MR) is 86.8 cm³/mol. The van der Waals surface area contributed by atoms with Gasteiger partial charge in [0.25, 0.3) is 0 Å². The van der Waals surface area contributed by atoms with E-state index in [1.807, 2.05) is 0 Å². The molecule has 0 aliphatic rings. The van der Waals surface area contributed by atoms with Crippen molar-refractivity contribution in [2.45, 2.75) is 52.9 Å². The Morgan fingerprint density at radius 1 is 1.09 bits per heavy atom. The van der Waals surface area contributed by atoms with Crippen LogP contribution in [0.5, 0.6) is 0 Å². The zero-order valence-electron chi connectivity index (χ0n) is 13.6. The van der Waals surface area contributed by atoms with Gasteiger partial charge in [0.05, 0.1) is 23.2 Å². The van der Waals surface area contributed by atoms with Crippen LogP contribution in [0.15, 0.2) is 24.3 Å². The van der Waals surface area contributed by atoms with Gasteiger partial charge in [-0.2, -0.15) is 0 Å². The summed E-state index contributed by atoms with van der Waals surface area (Å²) in [4.78, 5) is 11.0. The van der Waals surface area contributed by atoms with Crippen molar-refractivity contribution >= 4 is 24.6 Å². The first-order valence-electron chi connectivity index (χ1n) is 7.21. The minimum Gasteiger partial charge on any atom is -0.480 e. The van der Waals surface area contributed by atoms with Gasteiger partial charge in [0, 0.05) is 0 Å². The van der Waals surface area contributed by atoms with Crippen LogP contribution in [0, 0.1) is 0 Å². The summed E-state index contributed by atoms with van der Waals surface area (Å²) < 4.78 is 24.3. The molecule has 0 unspecified atom stereocenters. The zero-order valence-corrected chi connectivity index (χ0v) is 14.5. The number of aliphatic carboxylic acids is 1. The molecule has 0 spiro atoms. The second-order valence-corrected chi connectivity index (χ2v) is 7.43. The maximum Gasteiger partial charge on any atom is 0.363 e. The van der Waals surface area contributed by atoms with E-state index in [4.69, 9.17) is 14.2 Å². The first-order valence-corrected chi connectivity index (χ1v) is 8.75. The van der Waals surface area contributed by atoms with Crippen LogP contribution in [0.25, 0.3) is 0 Å². The molecule has 0 aliphatic carbocycles. The van der Waals surface area contributed by atoms with Gasteiger partial charge in [0.2, 0.25) is 0 Å². The molecule has 0 aromatic heterocycles. The second kappa shape index (κ2) is 7.77. The first kappa shape index (κ1) is 18.7. The third-order valence-corrected chi connectivity index (χ3v) is 5.02. The van der Waals surface area contributed by atoms with Crippen molar-refractivity contribution in [2.24, 2.45) is 0 Å². The highest BCUT2D eigenvalue weighted by Crippen LogP contribution is 2.51. The lowest BCUT2D eigenvalue weighted by Gasteiger charge is -2.25. The molecular weight excluding hydrogens is 305 g/mol. The molecule has 7 heteroatoms. The molecule has 0 saturated heterocycles. The molecule has 0 saturated carbocycles. The van der Waals surface area contributed by atoms with Gasteiger partial charge in [-0.25, -0.2) is 0 Å². The van der Waals surface area contributed by atoms with E-state index < -0.39 is 19.6 Å². The monoisotopic (exact) mass is 329 g/mol. The first-order chi connectivity index (χ1) is 10.2. The zero-order chi connectivity index (χ0) is 16.9. The third-order valence-electron chi connectivity index (χ3n) is 2.64. The average molecular weight is 329 g/mol. The topological polar surface area (TPSA) is 84.9 Å². The van der Waals surface area contributed by atoms with Gasteiger partial charge in [-0.1, -0.05) is 12.1 Å². The molecular formula is C15H24NO5P. The predicted octanol–water partition coefficient (Wildman–Crippen LogP) is 3.24. The van der Waals surface area contributed by atoms with E-state index in [1.165, 1.54) is 6.92 Å². The Labute approximate surface area is 131 Å². The molecule has 6 nitrogen and oxygen atoms in total. The molecule has 1 atom stereocenters. The summed E-state index contributed by atoms with van der Waals surface area (Å²) in [5.41, 5.74) is 0.432. The maximum absolute atomic E-state index is 13.2. The van der Waals surface area contributed by atoms with Crippen molar-refractivity contribution in [1.29, 1.82) is 0 Å². The molecule has 0 radical (unpaired) electrons. The smallest absolute Gasteiger partial charge is 0.363 e. The fourth-order valence-electron chi connectivity index (χ4n) is 1.82. The summed E-state index contributed by atoms with van der Waals surface area (Å²) in [7, 11) is -3.56. The summed E-state index contributed by atoms with van der Waals surface area (Å²) in [6.45, 7) is 8.59. The molecule has 1 aromatic rings. The Bertz CT molecular complexity index is 545. The highest BCUT2D eigenvalue weighted by atomic mass is 31.2. The van der Waals surface area contributed by atoms with Crippen LogP contribution < -0.4 is 10.6 Å². The van der Waals surface area contributed by atoms with Crippen LogP contribution in [0.3, 0.4) is 0 Å². The number of carboxylic acids is 1. The normalized spacial score (nSPS) is 13.4. The molecule has 0 bridgehead atoms. The molecule has 1 aromatic carbocycles. The lowest BCUT2D eigenvalue weighted by molar-refractivity contribution is -0.137. The van der Waals surface area contributed by atoms with E-state index in [9.17, 15) is 9.36 Å². The largest absolute Gasteiger partial charge is 0.480 e. The number of carbonyl (C=O) groups is 1. The van der Waals surface area contributed by atoms with Crippen LogP contribution in [-0.2, 0) is 18.4 Å². The molecule has 1 rings (SSSR count). The van der Waals surface area contributed by atoms with Crippen LogP contribution in [0.4, 0.5) is 5.69 Å². The van der Waals surface area contributed by atoms with Crippen LogP contribution in [-0.4, -0.2) is 29.3 Å². The number of anilines is 1. The third kappa shape index (κ3) is 5.13. The van der Waals surface area contributed by atoms with Gasteiger partial charge in [-0.3, -0.25) is 9.36 Å². The van der Waals surface area contributed by atoms with E-state index in [-0.39, 0.29) is 12.2 Å². The number of hydrogen-bond acceptors (Lipinski definition) is 5. The number of para-hydroxylation sites is 1. The minimum atomic E-state index is -3.56. The standard InChI is InChI=1S/C15H24NO5P/c1-10(2)20-22(19,21-11(3)4)14-9-7-6-8-13(14)16-12(5)15(17)18/h6-12,16H,1-5H3,(H,17,18)/t12-/m0/s1. The number of rotatable bonds is 8. The van der Waals surface area contributed by atoms with Gasteiger partial charge in [-0.15, -0.1) is 0 Å². The summed E-state index contributed by atoms with van der Waals surface area (Å²) in [6.07, 6.45) is -0.593. The molecule has 0 aliphatic heterocycles. The van der Waals surface area contributed by atoms with E-state index in [0.29, 0.717) is 11.0 Å². The second-order valence-electron chi connectivity index (χ2n) is 5.53. The minimum absolute atomic E-state index is 0.297. The van der Waals surface area contributed by atoms with E-state index in [0.717, 1.165) is 0 Å². The van der Waals surface area contributed by atoms with Crippen molar-refractivity contribution in [3.63, 3.8) is 0 Å². The lowest BCUT2D eigenvalue weighted by atomic mass is 10.2. The number of nitrogens with one attached hydrogen (secondary N) is 1. The SMILES string of the molecule is CC(C)OP(=O)(OC(C)C)c1ccccc1N[C@@H](C)C(=O)O. The lowest BCUT2D eigenvalue weighted by Crippen LogP contribution is -2.29. The van der Waals surface area contributed by atoms with Crippen molar-refractivity contribution in [3.8, 4) is 0 Å². The van der Waals surface area contributed by atoms with Crippen LogP contribution in [0.1, 0.15) is 34.6 Å². The Kier molecular flexibility index (Phi) is 6.60. The van der Waals surface area contributed by atoms with E-state index >= 15 is 0 Å². The Hall–Kier alpha value is -1.36. The van der Waals surface area contributed by atoms with Crippen molar-refractivity contribution in [2.75, 3.05) is 5.32 Å². The number of carboxylic acid groups (broad SMARTS) is 1. The quantitative estimate of drug-likeness (QED) is 0.712. The van der Waals surface area contributed by atoms with Gasteiger partial charge < -0.3 is 19.5 Å². The average Bonchev–Trinajstić information content (AvgIpc) is 2.36. The van der Waals surface area contributed by atoms with E-state index in [2.05, 4.69) is 5.32 Å². The fraction of sp³-hybridized carbons (Fsp3) is 0.533. The summed E-state index contributed by atoms with van der Waals surface area (Å²) in [6, 6.07) is 5.91. The van der Waals surface area contributed by atoms with E-state index in [1.54, 1.807) is 52.0 Å². The van der Waals surface area contributed by atoms with Crippen molar-refractivity contribution in [3.05, 3.63) is 24.3 Å². The Morgan fingerprint density at radius 3 is 2.05 bits per heavy atom. The summed E-state index contributed by atoms with van der Waals surface area (Å²) in [5, 5.41) is 12.2. The molecule has 2 N–H and O–H groups in total. The molecule has 0 amide bonds. The number of hydrogen-bond donors (Lipinski definition) is 2. The fourth-order valence-corrected chi connectivity index (χ4v) is 3.91. The Balaban J connectivity index is 3.25. The van der Waals surface area contributed by atoms with Gasteiger partial charge in [-0.05, 0) is 46.8 Å². The summed E-state index contributed by atoms with van der Waals surface area (Å²) >= 11 is 0. The van der Waals surface area contributed by atoms with Crippen LogP contribution >= 0.6 is 7.60 Å². The van der Waals surface area contributed by atoms with Gasteiger partial charge >= 0.3 is 13.6 Å². The van der Waals surface area contributed by atoms with Crippen LogP contribution in [0.2, 0.25) is 0 Å². The highest BCUT2D eigenvalue weighted by Gasteiger charge is 2.33. The van der Waals surface area contributed by atoms with Gasteiger partial charge in [0.15, 0.2) is 0 Å². The maximum atomic E-state index is 13.2. The number of benzene rings is 1. The van der Waals surface area contributed by atoms with Crippen molar-refractivity contribution < 1.29 is 23.5 Å². The highest BCUT2D eigenvalue weighted by molar-refractivity contribution is 7.62. The molecule has 0 fully saturated rings. The molecule has 124 valence electrons.